The Hall–Kier alpha value is -1.65. The zero-order valence-electron chi connectivity index (χ0n) is 11.5. The molecule has 0 saturated carbocycles. The predicted molar refractivity (Wildman–Crippen MR) is 81.8 cm³/mol. The Bertz CT molecular complexity index is 534. The highest BCUT2D eigenvalue weighted by molar-refractivity contribution is 7.10. The zero-order valence-corrected chi connectivity index (χ0v) is 12.3. The molecular weight excluding hydrogens is 270 g/mol. The van der Waals surface area contributed by atoms with E-state index in [0.717, 1.165) is 23.3 Å². The lowest BCUT2D eigenvalue weighted by atomic mass is 10.0. The fraction of sp³-hybridized carbons (Fsp3) is 0.312. The van der Waals surface area contributed by atoms with Gasteiger partial charge in [-0.3, -0.25) is 4.79 Å². The number of amides is 1. The van der Waals surface area contributed by atoms with Crippen LogP contribution in [0.3, 0.4) is 0 Å². The van der Waals surface area contributed by atoms with Crippen LogP contribution in [0.5, 0.6) is 0 Å². The highest BCUT2D eigenvalue weighted by atomic mass is 32.1. The van der Waals surface area contributed by atoms with E-state index in [2.05, 4.69) is 24.4 Å². The topological polar surface area (TPSA) is 49.3 Å². The molecule has 1 heterocycles. The number of aliphatic hydroxyl groups excluding tert-OH is 1. The van der Waals surface area contributed by atoms with Crippen molar-refractivity contribution in [2.24, 2.45) is 0 Å². The second-order valence-electron chi connectivity index (χ2n) is 4.67. The van der Waals surface area contributed by atoms with Crippen molar-refractivity contribution in [3.05, 3.63) is 57.8 Å². The number of rotatable bonds is 6. The number of aliphatic hydroxyl groups is 1. The first-order chi connectivity index (χ1) is 9.74. The van der Waals surface area contributed by atoms with Crippen LogP contribution in [0, 0.1) is 0 Å². The van der Waals surface area contributed by atoms with E-state index in [4.69, 9.17) is 5.11 Å². The molecule has 0 aliphatic carbocycles. The Balaban J connectivity index is 2.24. The summed E-state index contributed by atoms with van der Waals surface area (Å²) in [5, 5.41) is 13.8. The van der Waals surface area contributed by atoms with Gasteiger partial charge in [0.1, 0.15) is 6.61 Å². The lowest BCUT2D eigenvalue weighted by Gasteiger charge is -2.18. The standard InChI is InChI=1S/C16H19NO2S/c1-2-4-12-6-8-13(9-7-12)16(17-15(19)11-18)14-5-3-10-20-14/h3,5-10,16,18H,2,4,11H2,1H3,(H,17,19). The normalized spacial score (nSPS) is 12.1. The summed E-state index contributed by atoms with van der Waals surface area (Å²) in [6.45, 7) is 1.67. The summed E-state index contributed by atoms with van der Waals surface area (Å²) in [4.78, 5) is 12.6. The van der Waals surface area contributed by atoms with Crippen LogP contribution >= 0.6 is 11.3 Å². The van der Waals surface area contributed by atoms with E-state index in [1.54, 1.807) is 11.3 Å². The molecule has 1 amide bonds. The van der Waals surface area contributed by atoms with Crippen molar-refractivity contribution >= 4 is 17.2 Å². The highest BCUT2D eigenvalue weighted by Crippen LogP contribution is 2.26. The van der Waals surface area contributed by atoms with Crippen molar-refractivity contribution in [2.45, 2.75) is 25.8 Å². The summed E-state index contributed by atoms with van der Waals surface area (Å²) in [5.74, 6) is -0.360. The number of carbonyl (C=O) groups is 1. The second kappa shape index (κ2) is 7.22. The van der Waals surface area contributed by atoms with Gasteiger partial charge in [-0.2, -0.15) is 0 Å². The van der Waals surface area contributed by atoms with Crippen molar-refractivity contribution < 1.29 is 9.90 Å². The second-order valence-corrected chi connectivity index (χ2v) is 5.64. The molecule has 4 heteroatoms. The van der Waals surface area contributed by atoms with E-state index < -0.39 is 6.61 Å². The predicted octanol–water partition coefficient (Wildman–Crippen LogP) is 2.90. The lowest BCUT2D eigenvalue weighted by Crippen LogP contribution is -2.30. The van der Waals surface area contributed by atoms with Crippen LogP contribution in [0.15, 0.2) is 41.8 Å². The number of carbonyl (C=O) groups excluding carboxylic acids is 1. The molecule has 0 radical (unpaired) electrons. The summed E-state index contributed by atoms with van der Waals surface area (Å²) < 4.78 is 0. The molecule has 2 N–H and O–H groups in total. The zero-order chi connectivity index (χ0) is 14.4. The van der Waals surface area contributed by atoms with E-state index in [1.165, 1.54) is 5.56 Å². The van der Waals surface area contributed by atoms with Gasteiger partial charge in [-0.25, -0.2) is 0 Å². The van der Waals surface area contributed by atoms with Crippen molar-refractivity contribution in [3.8, 4) is 0 Å². The molecular formula is C16H19NO2S. The molecule has 0 saturated heterocycles. The third-order valence-electron chi connectivity index (χ3n) is 3.13. The summed E-state index contributed by atoms with van der Waals surface area (Å²) >= 11 is 1.60. The Morgan fingerprint density at radius 3 is 2.60 bits per heavy atom. The Labute approximate surface area is 123 Å². The summed E-state index contributed by atoms with van der Waals surface area (Å²) in [7, 11) is 0. The van der Waals surface area contributed by atoms with E-state index in [1.807, 2.05) is 29.6 Å². The van der Waals surface area contributed by atoms with Crippen molar-refractivity contribution in [1.82, 2.24) is 5.32 Å². The van der Waals surface area contributed by atoms with Gasteiger partial charge >= 0.3 is 0 Å². The van der Waals surface area contributed by atoms with Gasteiger partial charge in [0.15, 0.2) is 0 Å². The highest BCUT2D eigenvalue weighted by Gasteiger charge is 2.17. The van der Waals surface area contributed by atoms with Gasteiger partial charge in [-0.15, -0.1) is 11.3 Å². The summed E-state index contributed by atoms with van der Waals surface area (Å²) in [6.07, 6.45) is 2.18. The Morgan fingerprint density at radius 2 is 2.05 bits per heavy atom. The number of aryl methyl sites for hydroxylation is 1. The van der Waals surface area contributed by atoms with Gasteiger partial charge in [0.2, 0.25) is 5.91 Å². The maximum atomic E-state index is 11.5. The molecule has 0 spiro atoms. The van der Waals surface area contributed by atoms with Crippen LogP contribution in [0.4, 0.5) is 0 Å². The van der Waals surface area contributed by atoms with Crippen molar-refractivity contribution in [3.63, 3.8) is 0 Å². The number of hydrogen-bond acceptors (Lipinski definition) is 3. The minimum atomic E-state index is -0.490. The van der Waals surface area contributed by atoms with Crippen LogP contribution in [-0.2, 0) is 11.2 Å². The van der Waals surface area contributed by atoms with Gasteiger partial charge in [-0.1, -0.05) is 43.7 Å². The molecule has 106 valence electrons. The van der Waals surface area contributed by atoms with Crippen LogP contribution in [-0.4, -0.2) is 17.6 Å². The molecule has 1 aromatic carbocycles. The minimum absolute atomic E-state index is 0.190. The number of nitrogens with one attached hydrogen (secondary N) is 1. The number of benzene rings is 1. The quantitative estimate of drug-likeness (QED) is 0.859. The Morgan fingerprint density at radius 1 is 1.30 bits per heavy atom. The molecule has 0 fully saturated rings. The molecule has 2 aromatic rings. The average Bonchev–Trinajstić information content (AvgIpc) is 3.00. The maximum Gasteiger partial charge on any atom is 0.246 e. The molecule has 0 aliphatic heterocycles. The third kappa shape index (κ3) is 3.68. The van der Waals surface area contributed by atoms with Crippen LogP contribution in [0.2, 0.25) is 0 Å². The van der Waals surface area contributed by atoms with Crippen LogP contribution in [0.25, 0.3) is 0 Å². The maximum absolute atomic E-state index is 11.5. The summed E-state index contributed by atoms with van der Waals surface area (Å²) in [5.41, 5.74) is 2.34. The largest absolute Gasteiger partial charge is 0.387 e. The minimum Gasteiger partial charge on any atom is -0.387 e. The molecule has 20 heavy (non-hydrogen) atoms. The SMILES string of the molecule is CCCc1ccc(C(NC(=O)CO)c2cccs2)cc1. The van der Waals surface area contributed by atoms with Crippen LogP contribution in [0.1, 0.15) is 35.4 Å². The molecule has 0 bridgehead atoms. The van der Waals surface area contributed by atoms with Gasteiger partial charge in [0.25, 0.3) is 0 Å². The first kappa shape index (κ1) is 14.8. The van der Waals surface area contributed by atoms with Gasteiger partial charge in [-0.05, 0) is 29.0 Å². The number of hydrogen-bond donors (Lipinski definition) is 2. The van der Waals surface area contributed by atoms with Gasteiger partial charge in [0, 0.05) is 4.88 Å². The van der Waals surface area contributed by atoms with Crippen molar-refractivity contribution in [2.75, 3.05) is 6.61 Å². The molecule has 1 unspecified atom stereocenters. The van der Waals surface area contributed by atoms with Gasteiger partial charge in [0.05, 0.1) is 6.04 Å². The molecule has 1 atom stereocenters. The molecule has 0 aliphatic rings. The first-order valence-electron chi connectivity index (χ1n) is 6.77. The van der Waals surface area contributed by atoms with E-state index in [9.17, 15) is 4.79 Å². The van der Waals surface area contributed by atoms with Crippen molar-refractivity contribution in [1.29, 1.82) is 0 Å². The van der Waals surface area contributed by atoms with Gasteiger partial charge < -0.3 is 10.4 Å². The van der Waals surface area contributed by atoms with E-state index in [-0.39, 0.29) is 11.9 Å². The van der Waals surface area contributed by atoms with E-state index >= 15 is 0 Å². The fourth-order valence-corrected chi connectivity index (χ4v) is 2.95. The average molecular weight is 289 g/mol. The molecule has 1 aromatic heterocycles. The number of thiophene rings is 1. The summed E-state index contributed by atoms with van der Waals surface area (Å²) in [6, 6.07) is 12.1. The molecule has 3 nitrogen and oxygen atoms in total. The first-order valence-corrected chi connectivity index (χ1v) is 7.65. The van der Waals surface area contributed by atoms with Crippen LogP contribution < -0.4 is 5.32 Å². The third-order valence-corrected chi connectivity index (χ3v) is 4.07. The fourth-order valence-electron chi connectivity index (χ4n) is 2.15. The monoisotopic (exact) mass is 289 g/mol. The van der Waals surface area contributed by atoms with E-state index in [0.29, 0.717) is 0 Å². The lowest BCUT2D eigenvalue weighted by molar-refractivity contribution is -0.124. The smallest absolute Gasteiger partial charge is 0.246 e. The Kier molecular flexibility index (Phi) is 5.32. The molecule has 2 rings (SSSR count).